The normalized spacial score (nSPS) is 38.1. The second kappa shape index (κ2) is 9.41. The molecule has 168 valence electrons. The van der Waals surface area contributed by atoms with Gasteiger partial charge in [-0.3, -0.25) is 4.79 Å². The third-order valence-corrected chi connectivity index (χ3v) is 5.50. The Morgan fingerprint density at radius 3 is 2.53 bits per heavy atom. The molecule has 2 aliphatic heterocycles. The van der Waals surface area contributed by atoms with Crippen LogP contribution in [0.3, 0.4) is 0 Å². The molecular formula is C19H26O11. The zero-order chi connectivity index (χ0) is 22.0. The van der Waals surface area contributed by atoms with Gasteiger partial charge in [-0.15, -0.1) is 0 Å². The van der Waals surface area contributed by atoms with E-state index in [-0.39, 0.29) is 18.1 Å². The molecule has 0 spiro atoms. The lowest BCUT2D eigenvalue weighted by molar-refractivity contribution is -0.339. The molecule has 0 aromatic carbocycles. The fourth-order valence-corrected chi connectivity index (χ4v) is 3.90. The largest absolute Gasteiger partial charge is 0.471 e. The number of ether oxygens (including phenoxy) is 5. The van der Waals surface area contributed by atoms with Gasteiger partial charge in [-0.05, 0) is 12.0 Å². The number of methoxy groups -OCH3 is 1. The maximum atomic E-state index is 12.1. The molecule has 0 radical (unpaired) electrons. The number of rotatable bonds is 6. The summed E-state index contributed by atoms with van der Waals surface area (Å²) < 4.78 is 26.6. The minimum atomic E-state index is -1.61. The van der Waals surface area contributed by atoms with Gasteiger partial charge >= 0.3 is 11.9 Å². The Morgan fingerprint density at radius 2 is 1.90 bits per heavy atom. The molecule has 4 N–H and O–H groups in total. The van der Waals surface area contributed by atoms with E-state index in [1.54, 1.807) is 0 Å². The number of esters is 2. The molecular weight excluding hydrogens is 404 g/mol. The Kier molecular flexibility index (Phi) is 7.11. The van der Waals surface area contributed by atoms with Gasteiger partial charge in [-0.1, -0.05) is 6.08 Å². The van der Waals surface area contributed by atoms with E-state index in [1.165, 1.54) is 20.3 Å². The summed E-state index contributed by atoms with van der Waals surface area (Å²) in [6.45, 7) is 0.626. The highest BCUT2D eigenvalue weighted by Crippen LogP contribution is 2.44. The van der Waals surface area contributed by atoms with Crippen molar-refractivity contribution in [3.8, 4) is 0 Å². The number of allylic oxidation sites excluding steroid dienone is 1. The molecule has 3 rings (SSSR count). The average molecular weight is 430 g/mol. The number of hydrogen-bond acceptors (Lipinski definition) is 11. The summed E-state index contributed by atoms with van der Waals surface area (Å²) in [6, 6.07) is 0. The van der Waals surface area contributed by atoms with Gasteiger partial charge in [-0.2, -0.15) is 0 Å². The van der Waals surface area contributed by atoms with Crippen LogP contribution in [0.2, 0.25) is 0 Å². The molecule has 3 unspecified atom stereocenters. The van der Waals surface area contributed by atoms with Crippen molar-refractivity contribution in [2.24, 2.45) is 11.8 Å². The maximum Gasteiger partial charge on any atom is 0.337 e. The number of carbonyl (C=O) groups is 2. The Bertz CT molecular complexity index is 715. The highest BCUT2D eigenvalue weighted by Gasteiger charge is 2.49. The van der Waals surface area contributed by atoms with E-state index in [2.05, 4.69) is 0 Å². The van der Waals surface area contributed by atoms with E-state index in [0.717, 1.165) is 0 Å². The molecule has 0 aromatic rings. The number of carbonyl (C=O) groups excluding carboxylic acids is 2. The van der Waals surface area contributed by atoms with Crippen LogP contribution in [0.25, 0.3) is 0 Å². The third kappa shape index (κ3) is 4.36. The first kappa shape index (κ1) is 22.7. The molecule has 11 heteroatoms. The predicted molar refractivity (Wildman–Crippen MR) is 96.1 cm³/mol. The molecule has 0 aromatic heterocycles. The lowest BCUT2D eigenvalue weighted by atomic mass is 9.83. The van der Waals surface area contributed by atoms with Gasteiger partial charge in [0, 0.05) is 12.8 Å². The van der Waals surface area contributed by atoms with Crippen LogP contribution in [0.5, 0.6) is 0 Å². The van der Waals surface area contributed by atoms with E-state index in [4.69, 9.17) is 23.7 Å². The van der Waals surface area contributed by atoms with Crippen LogP contribution in [0.1, 0.15) is 13.3 Å². The SMILES string of the molecule is COC(=O)C1=COC(O[C@@H]2O[C@H](CO)[C@@H](O)[C@H](O)[C@H]2O)C2C(COC(C)=O)=CCC12. The zero-order valence-electron chi connectivity index (χ0n) is 16.5. The molecule has 1 saturated heterocycles. The topological polar surface area (TPSA) is 161 Å². The van der Waals surface area contributed by atoms with Crippen molar-refractivity contribution in [2.75, 3.05) is 20.3 Å². The number of fused-ring (bicyclic) bond motifs is 1. The zero-order valence-corrected chi connectivity index (χ0v) is 16.5. The predicted octanol–water partition coefficient (Wildman–Crippen LogP) is -1.66. The first-order valence-electron chi connectivity index (χ1n) is 9.50. The van der Waals surface area contributed by atoms with Crippen molar-refractivity contribution in [1.29, 1.82) is 0 Å². The number of hydrogen-bond donors (Lipinski definition) is 4. The molecule has 0 bridgehead atoms. The second-order valence-electron chi connectivity index (χ2n) is 7.33. The van der Waals surface area contributed by atoms with Crippen molar-refractivity contribution < 1.29 is 53.7 Å². The van der Waals surface area contributed by atoms with Crippen LogP contribution >= 0.6 is 0 Å². The van der Waals surface area contributed by atoms with Crippen molar-refractivity contribution in [1.82, 2.24) is 0 Å². The number of aliphatic hydroxyl groups excluding tert-OH is 4. The van der Waals surface area contributed by atoms with Gasteiger partial charge in [0.1, 0.15) is 31.0 Å². The maximum absolute atomic E-state index is 12.1. The number of aliphatic hydroxyl groups is 4. The lowest BCUT2D eigenvalue weighted by Crippen LogP contribution is -2.60. The van der Waals surface area contributed by atoms with E-state index in [1.807, 2.05) is 6.08 Å². The Balaban J connectivity index is 1.81. The molecule has 2 heterocycles. The average Bonchev–Trinajstić information content (AvgIpc) is 3.16. The quantitative estimate of drug-likeness (QED) is 0.282. The standard InChI is InChI=1S/C19H26O11/c1-8(21)27-6-9-3-4-10-11(17(25)26-2)7-28-18(13(9)10)30-19-16(24)15(23)14(22)12(5-20)29-19/h3,7,10,12-16,18-20,22-24H,4-6H2,1-2H3/t10?,12-,13?,14-,15+,16-,18?,19+/m1/s1. The van der Waals surface area contributed by atoms with Gasteiger partial charge in [0.2, 0.25) is 6.29 Å². The minimum Gasteiger partial charge on any atom is -0.471 e. The molecule has 8 atom stereocenters. The van der Waals surface area contributed by atoms with Crippen LogP contribution in [-0.4, -0.2) is 89.7 Å². The lowest BCUT2D eigenvalue weighted by Gasteiger charge is -2.42. The highest BCUT2D eigenvalue weighted by atomic mass is 16.8. The first-order valence-corrected chi connectivity index (χ1v) is 9.50. The molecule has 11 nitrogen and oxygen atoms in total. The van der Waals surface area contributed by atoms with Gasteiger partial charge < -0.3 is 44.1 Å². The summed E-state index contributed by atoms with van der Waals surface area (Å²) in [5, 5.41) is 39.5. The summed E-state index contributed by atoms with van der Waals surface area (Å²) in [6.07, 6.45) is -4.91. The van der Waals surface area contributed by atoms with Crippen molar-refractivity contribution in [3.63, 3.8) is 0 Å². The van der Waals surface area contributed by atoms with Gasteiger partial charge in [0.15, 0.2) is 6.29 Å². The van der Waals surface area contributed by atoms with Crippen molar-refractivity contribution in [2.45, 2.75) is 50.3 Å². The Hall–Kier alpha value is -2.02. The molecule has 1 aliphatic carbocycles. The first-order chi connectivity index (χ1) is 14.3. The monoisotopic (exact) mass is 430 g/mol. The fourth-order valence-electron chi connectivity index (χ4n) is 3.90. The van der Waals surface area contributed by atoms with E-state index >= 15 is 0 Å². The summed E-state index contributed by atoms with van der Waals surface area (Å²) >= 11 is 0. The van der Waals surface area contributed by atoms with E-state index < -0.39 is 61.5 Å². The van der Waals surface area contributed by atoms with E-state index in [0.29, 0.717) is 12.0 Å². The molecule has 1 fully saturated rings. The molecule has 30 heavy (non-hydrogen) atoms. The summed E-state index contributed by atoms with van der Waals surface area (Å²) in [7, 11) is 1.25. The highest BCUT2D eigenvalue weighted by molar-refractivity contribution is 5.89. The Morgan fingerprint density at radius 1 is 1.17 bits per heavy atom. The molecule has 3 aliphatic rings. The summed E-state index contributed by atoms with van der Waals surface area (Å²) in [4.78, 5) is 23.3. The Labute approximate surface area is 172 Å². The van der Waals surface area contributed by atoms with Crippen LogP contribution < -0.4 is 0 Å². The van der Waals surface area contributed by atoms with Gasteiger partial charge in [0.25, 0.3) is 0 Å². The third-order valence-electron chi connectivity index (χ3n) is 5.50. The van der Waals surface area contributed by atoms with Crippen LogP contribution in [0.4, 0.5) is 0 Å². The second-order valence-corrected chi connectivity index (χ2v) is 7.33. The van der Waals surface area contributed by atoms with Crippen LogP contribution in [0, 0.1) is 11.8 Å². The fraction of sp³-hybridized carbons (Fsp3) is 0.684. The van der Waals surface area contributed by atoms with Gasteiger partial charge in [-0.25, -0.2) is 4.79 Å². The summed E-state index contributed by atoms with van der Waals surface area (Å²) in [5.41, 5.74) is 0.935. The van der Waals surface area contributed by atoms with E-state index in [9.17, 15) is 30.0 Å². The van der Waals surface area contributed by atoms with Crippen LogP contribution in [0.15, 0.2) is 23.5 Å². The van der Waals surface area contributed by atoms with Crippen molar-refractivity contribution >= 4 is 11.9 Å². The van der Waals surface area contributed by atoms with Gasteiger partial charge in [0.05, 0.1) is 31.5 Å². The van der Waals surface area contributed by atoms with Crippen LogP contribution in [-0.2, 0) is 33.3 Å². The minimum absolute atomic E-state index is 0.0388. The van der Waals surface area contributed by atoms with Crippen molar-refractivity contribution in [3.05, 3.63) is 23.5 Å². The molecule has 0 amide bonds. The summed E-state index contributed by atoms with van der Waals surface area (Å²) in [5.74, 6) is -1.99. The smallest absolute Gasteiger partial charge is 0.337 e. The molecule has 0 saturated carbocycles.